The first-order chi connectivity index (χ1) is 10.1. The lowest BCUT2D eigenvalue weighted by atomic mass is 10.2. The molecule has 0 aliphatic rings. The van der Waals surface area contributed by atoms with Gasteiger partial charge in [-0.3, -0.25) is 9.78 Å². The standard InChI is InChI=1S/C14H12ClN3O3/c1-2-21-14(20)9-4-3-5-10(6-9)17-13(19)11-7-16-8-12(15)18-11/h3-8H,2H2,1H3,(H,17,19). The number of hydrogen-bond donors (Lipinski definition) is 1. The predicted molar refractivity (Wildman–Crippen MR) is 77.4 cm³/mol. The monoisotopic (exact) mass is 305 g/mol. The summed E-state index contributed by atoms with van der Waals surface area (Å²) in [5.74, 6) is -0.915. The molecule has 1 amide bonds. The molecular weight excluding hydrogens is 294 g/mol. The largest absolute Gasteiger partial charge is 0.462 e. The van der Waals surface area contributed by atoms with Gasteiger partial charge >= 0.3 is 5.97 Å². The Balaban J connectivity index is 2.14. The van der Waals surface area contributed by atoms with Crippen LogP contribution in [0.5, 0.6) is 0 Å². The summed E-state index contributed by atoms with van der Waals surface area (Å²) in [5.41, 5.74) is 0.892. The molecule has 0 saturated heterocycles. The van der Waals surface area contributed by atoms with Crippen LogP contribution in [0.25, 0.3) is 0 Å². The zero-order valence-electron chi connectivity index (χ0n) is 11.2. The lowest BCUT2D eigenvalue weighted by Crippen LogP contribution is -2.14. The lowest BCUT2D eigenvalue weighted by Gasteiger charge is -2.07. The number of benzene rings is 1. The fourth-order valence-corrected chi connectivity index (χ4v) is 1.73. The fraction of sp³-hybridized carbons (Fsp3) is 0.143. The van der Waals surface area contributed by atoms with E-state index in [-0.39, 0.29) is 17.5 Å². The van der Waals surface area contributed by atoms with Gasteiger partial charge in [-0.05, 0) is 25.1 Å². The van der Waals surface area contributed by atoms with E-state index in [9.17, 15) is 9.59 Å². The highest BCUT2D eigenvalue weighted by Crippen LogP contribution is 2.13. The number of ether oxygens (including phenoxy) is 1. The maximum absolute atomic E-state index is 12.0. The molecule has 2 aromatic rings. The smallest absolute Gasteiger partial charge is 0.338 e. The van der Waals surface area contributed by atoms with Crippen molar-refractivity contribution in [2.24, 2.45) is 0 Å². The van der Waals surface area contributed by atoms with Gasteiger partial charge in [-0.1, -0.05) is 17.7 Å². The van der Waals surface area contributed by atoms with Crippen LogP contribution in [0.3, 0.4) is 0 Å². The minimum absolute atomic E-state index is 0.0871. The topological polar surface area (TPSA) is 81.2 Å². The van der Waals surface area contributed by atoms with Gasteiger partial charge < -0.3 is 10.1 Å². The third-order valence-corrected chi connectivity index (χ3v) is 2.65. The Hall–Kier alpha value is -2.47. The van der Waals surface area contributed by atoms with Crippen LogP contribution < -0.4 is 5.32 Å². The third kappa shape index (κ3) is 4.00. The first-order valence-corrected chi connectivity index (χ1v) is 6.54. The summed E-state index contributed by atoms with van der Waals surface area (Å²) >= 11 is 5.68. The van der Waals surface area contributed by atoms with Gasteiger partial charge in [-0.2, -0.15) is 0 Å². The summed E-state index contributed by atoms with van der Waals surface area (Å²) in [6, 6.07) is 6.42. The molecule has 0 fully saturated rings. The quantitative estimate of drug-likeness (QED) is 0.878. The molecule has 6 nitrogen and oxygen atoms in total. The number of carbonyl (C=O) groups excluding carboxylic acids is 2. The molecule has 0 saturated carbocycles. The number of rotatable bonds is 4. The van der Waals surface area contributed by atoms with Crippen molar-refractivity contribution < 1.29 is 14.3 Å². The van der Waals surface area contributed by atoms with Crippen molar-refractivity contribution in [3.05, 3.63) is 53.1 Å². The molecule has 0 radical (unpaired) electrons. The molecule has 1 aromatic heterocycles. The van der Waals surface area contributed by atoms with Crippen molar-refractivity contribution >= 4 is 29.2 Å². The van der Waals surface area contributed by atoms with Crippen molar-refractivity contribution in [1.82, 2.24) is 9.97 Å². The van der Waals surface area contributed by atoms with Gasteiger partial charge in [0.2, 0.25) is 0 Å². The molecule has 0 spiro atoms. The number of nitrogens with zero attached hydrogens (tertiary/aromatic N) is 2. The lowest BCUT2D eigenvalue weighted by molar-refractivity contribution is 0.0526. The van der Waals surface area contributed by atoms with Gasteiger partial charge in [0.15, 0.2) is 0 Å². The van der Waals surface area contributed by atoms with Crippen LogP contribution in [0.4, 0.5) is 5.69 Å². The second-order valence-corrected chi connectivity index (χ2v) is 4.37. The van der Waals surface area contributed by atoms with E-state index >= 15 is 0 Å². The molecule has 1 N–H and O–H groups in total. The number of hydrogen-bond acceptors (Lipinski definition) is 5. The van der Waals surface area contributed by atoms with Crippen molar-refractivity contribution in [3.8, 4) is 0 Å². The number of amides is 1. The second kappa shape index (κ2) is 6.81. The van der Waals surface area contributed by atoms with Crippen molar-refractivity contribution in [2.45, 2.75) is 6.92 Å². The highest BCUT2D eigenvalue weighted by molar-refractivity contribution is 6.29. The molecule has 0 unspecified atom stereocenters. The van der Waals surface area contributed by atoms with Crippen molar-refractivity contribution in [2.75, 3.05) is 11.9 Å². The first kappa shape index (κ1) is 14.9. The molecule has 21 heavy (non-hydrogen) atoms. The zero-order chi connectivity index (χ0) is 15.2. The number of anilines is 1. The normalized spacial score (nSPS) is 10.0. The van der Waals surface area contributed by atoms with E-state index in [1.165, 1.54) is 18.5 Å². The summed E-state index contributed by atoms with van der Waals surface area (Å²) in [6.07, 6.45) is 2.64. The van der Waals surface area contributed by atoms with Crippen molar-refractivity contribution in [3.63, 3.8) is 0 Å². The van der Waals surface area contributed by atoms with Gasteiger partial charge in [-0.15, -0.1) is 0 Å². The zero-order valence-corrected chi connectivity index (χ0v) is 11.9. The van der Waals surface area contributed by atoms with Gasteiger partial charge in [0.1, 0.15) is 10.8 Å². The number of carbonyl (C=O) groups is 2. The molecule has 2 rings (SSSR count). The Labute approximate surface area is 126 Å². The number of nitrogens with one attached hydrogen (secondary N) is 1. The second-order valence-electron chi connectivity index (χ2n) is 3.98. The summed E-state index contributed by atoms with van der Waals surface area (Å²) in [7, 11) is 0. The number of halogens is 1. The molecule has 7 heteroatoms. The van der Waals surface area contributed by atoms with Crippen LogP contribution in [0, 0.1) is 0 Å². The summed E-state index contributed by atoms with van der Waals surface area (Å²) in [4.78, 5) is 31.3. The minimum atomic E-state index is -0.467. The molecule has 108 valence electrons. The van der Waals surface area contributed by atoms with Gasteiger partial charge in [0.05, 0.1) is 24.6 Å². The van der Waals surface area contributed by atoms with Crippen molar-refractivity contribution in [1.29, 1.82) is 0 Å². The number of esters is 1. The first-order valence-electron chi connectivity index (χ1n) is 6.16. The maximum atomic E-state index is 12.0. The number of aromatic nitrogens is 2. The van der Waals surface area contributed by atoms with E-state index < -0.39 is 11.9 Å². The fourth-order valence-electron chi connectivity index (χ4n) is 1.59. The average Bonchev–Trinajstić information content (AvgIpc) is 2.48. The highest BCUT2D eigenvalue weighted by atomic mass is 35.5. The molecule has 0 aliphatic carbocycles. The molecule has 1 aromatic carbocycles. The SMILES string of the molecule is CCOC(=O)c1cccc(NC(=O)c2cncc(Cl)n2)c1. The van der Waals surface area contributed by atoms with Gasteiger partial charge in [-0.25, -0.2) is 9.78 Å². The van der Waals surface area contributed by atoms with Crippen LogP contribution in [0.15, 0.2) is 36.7 Å². The van der Waals surface area contributed by atoms with Gasteiger partial charge in [0, 0.05) is 5.69 Å². The van der Waals surface area contributed by atoms with E-state index in [1.54, 1.807) is 25.1 Å². The molecule has 1 heterocycles. The minimum Gasteiger partial charge on any atom is -0.462 e. The molecule has 0 atom stereocenters. The Morgan fingerprint density at radius 3 is 2.86 bits per heavy atom. The predicted octanol–water partition coefficient (Wildman–Crippen LogP) is 2.56. The van der Waals surface area contributed by atoms with E-state index in [1.807, 2.05) is 0 Å². The Morgan fingerprint density at radius 2 is 2.14 bits per heavy atom. The maximum Gasteiger partial charge on any atom is 0.338 e. The molecule has 0 bridgehead atoms. The Morgan fingerprint density at radius 1 is 1.33 bits per heavy atom. The van der Waals surface area contributed by atoms with E-state index in [0.29, 0.717) is 11.3 Å². The van der Waals surface area contributed by atoms with Crippen LogP contribution in [-0.2, 0) is 4.74 Å². The van der Waals surface area contributed by atoms with Crippen LogP contribution in [0.2, 0.25) is 5.15 Å². The Kier molecular flexibility index (Phi) is 4.84. The van der Waals surface area contributed by atoms with Gasteiger partial charge in [0.25, 0.3) is 5.91 Å². The average molecular weight is 306 g/mol. The Bertz CT molecular complexity index is 676. The van der Waals surface area contributed by atoms with E-state index in [4.69, 9.17) is 16.3 Å². The van der Waals surface area contributed by atoms with E-state index in [2.05, 4.69) is 15.3 Å². The summed E-state index contributed by atoms with van der Waals surface area (Å²) < 4.78 is 4.90. The van der Waals surface area contributed by atoms with Crippen LogP contribution in [-0.4, -0.2) is 28.5 Å². The highest BCUT2D eigenvalue weighted by Gasteiger charge is 2.11. The molecule has 0 aliphatic heterocycles. The van der Waals surface area contributed by atoms with Crippen LogP contribution >= 0.6 is 11.6 Å². The van der Waals surface area contributed by atoms with E-state index in [0.717, 1.165) is 0 Å². The third-order valence-electron chi connectivity index (χ3n) is 2.47. The van der Waals surface area contributed by atoms with Crippen LogP contribution in [0.1, 0.15) is 27.8 Å². The summed E-state index contributed by atoms with van der Waals surface area (Å²) in [6.45, 7) is 2.01. The molecular formula is C14H12ClN3O3. The summed E-state index contributed by atoms with van der Waals surface area (Å²) in [5, 5.41) is 2.74.